The van der Waals surface area contributed by atoms with Gasteiger partial charge in [0, 0.05) is 36.6 Å². The Hall–Kier alpha value is -2.73. The van der Waals surface area contributed by atoms with E-state index in [0.29, 0.717) is 36.1 Å². The molecule has 2 heterocycles. The second kappa shape index (κ2) is 9.99. The minimum absolute atomic E-state index is 0.0811. The van der Waals surface area contributed by atoms with E-state index in [2.05, 4.69) is 27.9 Å². The standard InChI is InChI=1S/C22H28N4O2/c1-16(19-3-2-10-24-15-19)13-21(27)25-14-17-4-6-18(7-5-17)22(28)26-20-8-11-23-12-9-20/h4-9,11-12,16,19,24H,2-3,10,13-15H2,1H3,(H,25,27)(H,23,26,28). The van der Waals surface area contributed by atoms with Gasteiger partial charge in [-0.2, -0.15) is 0 Å². The van der Waals surface area contributed by atoms with E-state index in [9.17, 15) is 9.59 Å². The summed E-state index contributed by atoms with van der Waals surface area (Å²) in [5.74, 6) is 0.874. The number of nitrogens with one attached hydrogen (secondary N) is 3. The maximum Gasteiger partial charge on any atom is 0.255 e. The van der Waals surface area contributed by atoms with Crippen molar-refractivity contribution >= 4 is 17.5 Å². The molecule has 1 aromatic heterocycles. The van der Waals surface area contributed by atoms with Crippen molar-refractivity contribution < 1.29 is 9.59 Å². The molecule has 0 aliphatic carbocycles. The van der Waals surface area contributed by atoms with Gasteiger partial charge >= 0.3 is 0 Å². The number of piperidine rings is 1. The Morgan fingerprint density at radius 3 is 2.61 bits per heavy atom. The van der Waals surface area contributed by atoms with Crippen LogP contribution in [0, 0.1) is 11.8 Å². The van der Waals surface area contributed by atoms with Crippen molar-refractivity contribution in [1.82, 2.24) is 15.6 Å². The summed E-state index contributed by atoms with van der Waals surface area (Å²) in [7, 11) is 0. The smallest absolute Gasteiger partial charge is 0.255 e. The molecule has 0 saturated carbocycles. The Morgan fingerprint density at radius 2 is 1.93 bits per heavy atom. The molecule has 6 nitrogen and oxygen atoms in total. The Balaban J connectivity index is 1.44. The Labute approximate surface area is 166 Å². The fraction of sp³-hybridized carbons (Fsp3) is 0.409. The van der Waals surface area contributed by atoms with Crippen molar-refractivity contribution in [2.24, 2.45) is 11.8 Å². The van der Waals surface area contributed by atoms with E-state index in [-0.39, 0.29) is 11.8 Å². The SMILES string of the molecule is CC(CC(=O)NCc1ccc(C(=O)Nc2ccncc2)cc1)C1CCCNC1. The first-order valence-corrected chi connectivity index (χ1v) is 9.89. The van der Waals surface area contributed by atoms with Gasteiger partial charge in [-0.15, -0.1) is 0 Å². The van der Waals surface area contributed by atoms with Crippen LogP contribution in [0.15, 0.2) is 48.8 Å². The molecule has 2 atom stereocenters. The lowest BCUT2D eigenvalue weighted by atomic mass is 9.85. The molecule has 3 N–H and O–H groups in total. The van der Waals surface area contributed by atoms with Crippen LogP contribution >= 0.6 is 0 Å². The van der Waals surface area contributed by atoms with Crippen LogP contribution < -0.4 is 16.0 Å². The topological polar surface area (TPSA) is 83.1 Å². The summed E-state index contributed by atoms with van der Waals surface area (Å²) < 4.78 is 0. The molecule has 3 rings (SSSR count). The van der Waals surface area contributed by atoms with Crippen LogP contribution in [0.3, 0.4) is 0 Å². The number of rotatable bonds is 7. The van der Waals surface area contributed by atoms with E-state index >= 15 is 0 Å². The predicted octanol–water partition coefficient (Wildman–Crippen LogP) is 2.98. The highest BCUT2D eigenvalue weighted by molar-refractivity contribution is 6.04. The van der Waals surface area contributed by atoms with Crippen LogP contribution in [0.5, 0.6) is 0 Å². The van der Waals surface area contributed by atoms with Crippen LogP contribution in [0.2, 0.25) is 0 Å². The molecule has 1 aromatic carbocycles. The van der Waals surface area contributed by atoms with Crippen molar-refractivity contribution in [2.75, 3.05) is 18.4 Å². The summed E-state index contributed by atoms with van der Waals surface area (Å²) >= 11 is 0. The van der Waals surface area contributed by atoms with Gasteiger partial charge in [-0.3, -0.25) is 14.6 Å². The minimum Gasteiger partial charge on any atom is -0.352 e. The molecule has 0 radical (unpaired) electrons. The van der Waals surface area contributed by atoms with Crippen molar-refractivity contribution in [3.8, 4) is 0 Å². The van der Waals surface area contributed by atoms with Crippen LogP contribution in [0.4, 0.5) is 5.69 Å². The normalized spacial score (nSPS) is 17.5. The summed E-state index contributed by atoms with van der Waals surface area (Å²) in [6.07, 6.45) is 6.21. The third-order valence-corrected chi connectivity index (χ3v) is 5.29. The van der Waals surface area contributed by atoms with Gasteiger partial charge in [0.15, 0.2) is 0 Å². The Morgan fingerprint density at radius 1 is 1.18 bits per heavy atom. The van der Waals surface area contributed by atoms with Gasteiger partial charge in [-0.25, -0.2) is 0 Å². The summed E-state index contributed by atoms with van der Waals surface area (Å²) in [5, 5.41) is 9.23. The average Bonchev–Trinajstić information content (AvgIpc) is 2.74. The first kappa shape index (κ1) is 20.0. The number of nitrogens with zero attached hydrogens (tertiary/aromatic N) is 1. The second-order valence-corrected chi connectivity index (χ2v) is 7.45. The first-order chi connectivity index (χ1) is 13.6. The minimum atomic E-state index is -0.170. The lowest BCUT2D eigenvalue weighted by Gasteiger charge is -2.28. The molecule has 1 aliphatic heterocycles. The van der Waals surface area contributed by atoms with Crippen molar-refractivity contribution in [1.29, 1.82) is 0 Å². The van der Waals surface area contributed by atoms with Crippen molar-refractivity contribution in [3.05, 3.63) is 59.9 Å². The summed E-state index contributed by atoms with van der Waals surface area (Å²) in [4.78, 5) is 28.4. The summed E-state index contributed by atoms with van der Waals surface area (Å²) in [6, 6.07) is 10.8. The van der Waals surface area contributed by atoms with Gasteiger partial charge in [0.25, 0.3) is 5.91 Å². The molecule has 1 fully saturated rings. The van der Waals surface area contributed by atoms with E-state index in [0.717, 1.165) is 18.7 Å². The number of carbonyl (C=O) groups excluding carboxylic acids is 2. The zero-order valence-electron chi connectivity index (χ0n) is 16.3. The van der Waals surface area contributed by atoms with E-state index in [1.54, 1.807) is 36.7 Å². The number of hydrogen-bond donors (Lipinski definition) is 3. The van der Waals surface area contributed by atoms with E-state index in [1.807, 2.05) is 12.1 Å². The lowest BCUT2D eigenvalue weighted by Crippen LogP contribution is -2.35. The zero-order valence-corrected chi connectivity index (χ0v) is 16.3. The van der Waals surface area contributed by atoms with Crippen molar-refractivity contribution in [2.45, 2.75) is 32.7 Å². The maximum absolute atomic E-state index is 12.3. The zero-order chi connectivity index (χ0) is 19.8. The highest BCUT2D eigenvalue weighted by Gasteiger charge is 2.21. The van der Waals surface area contributed by atoms with E-state index in [4.69, 9.17) is 0 Å². The lowest BCUT2D eigenvalue weighted by molar-refractivity contribution is -0.122. The number of carbonyl (C=O) groups is 2. The molecule has 28 heavy (non-hydrogen) atoms. The highest BCUT2D eigenvalue weighted by atomic mass is 16.2. The molecule has 148 valence electrons. The molecule has 6 heteroatoms. The Bertz CT molecular complexity index is 771. The van der Waals surface area contributed by atoms with Gasteiger partial charge < -0.3 is 16.0 Å². The fourth-order valence-electron chi connectivity index (χ4n) is 3.51. The highest BCUT2D eigenvalue weighted by Crippen LogP contribution is 2.22. The van der Waals surface area contributed by atoms with Crippen LogP contribution in [0.25, 0.3) is 0 Å². The van der Waals surface area contributed by atoms with E-state index < -0.39 is 0 Å². The molecule has 1 saturated heterocycles. The van der Waals surface area contributed by atoms with Gasteiger partial charge in [-0.1, -0.05) is 19.1 Å². The molecule has 2 amide bonds. The molecule has 2 aromatic rings. The number of aromatic nitrogens is 1. The summed E-state index contributed by atoms with van der Waals surface area (Å²) in [5.41, 5.74) is 2.25. The van der Waals surface area contributed by atoms with Gasteiger partial charge in [0.1, 0.15) is 0 Å². The molecule has 0 bridgehead atoms. The molecule has 1 aliphatic rings. The number of benzene rings is 1. The third-order valence-electron chi connectivity index (χ3n) is 5.29. The number of hydrogen-bond acceptors (Lipinski definition) is 4. The predicted molar refractivity (Wildman–Crippen MR) is 110 cm³/mol. The largest absolute Gasteiger partial charge is 0.352 e. The Kier molecular flexibility index (Phi) is 7.14. The molecular weight excluding hydrogens is 352 g/mol. The summed E-state index contributed by atoms with van der Waals surface area (Å²) in [6.45, 7) is 4.73. The number of amides is 2. The molecule has 0 spiro atoms. The number of pyridine rings is 1. The molecule has 2 unspecified atom stereocenters. The van der Waals surface area contributed by atoms with Crippen LogP contribution in [-0.2, 0) is 11.3 Å². The fourth-order valence-corrected chi connectivity index (χ4v) is 3.51. The van der Waals surface area contributed by atoms with Crippen molar-refractivity contribution in [3.63, 3.8) is 0 Å². The third kappa shape index (κ3) is 5.89. The van der Waals surface area contributed by atoms with Gasteiger partial charge in [0.2, 0.25) is 5.91 Å². The van der Waals surface area contributed by atoms with Gasteiger partial charge in [-0.05, 0) is 67.6 Å². The first-order valence-electron chi connectivity index (χ1n) is 9.89. The van der Waals surface area contributed by atoms with Gasteiger partial charge in [0.05, 0.1) is 0 Å². The quantitative estimate of drug-likeness (QED) is 0.690. The molecular formula is C22H28N4O2. The van der Waals surface area contributed by atoms with Crippen LogP contribution in [-0.4, -0.2) is 29.9 Å². The van der Waals surface area contributed by atoms with Crippen LogP contribution in [0.1, 0.15) is 42.1 Å². The second-order valence-electron chi connectivity index (χ2n) is 7.45. The maximum atomic E-state index is 12.3. The average molecular weight is 380 g/mol. The number of anilines is 1. The monoisotopic (exact) mass is 380 g/mol. The van der Waals surface area contributed by atoms with E-state index in [1.165, 1.54) is 12.8 Å².